The first-order valence-corrected chi connectivity index (χ1v) is 6.20. The molecule has 2 rings (SSSR count). The second kappa shape index (κ2) is 5.54. The number of nitrogens with zero attached hydrogens (tertiary/aromatic N) is 3. The van der Waals surface area contributed by atoms with Gasteiger partial charge in [0.05, 0.1) is 17.3 Å². The Balaban J connectivity index is 2.31. The summed E-state index contributed by atoms with van der Waals surface area (Å²) in [5.41, 5.74) is 6.99. The molecule has 0 bridgehead atoms. The molecule has 6 nitrogen and oxygen atoms in total. The normalized spacial score (nSPS) is 9.74. The lowest BCUT2D eigenvalue weighted by molar-refractivity contribution is 1.17. The van der Waals surface area contributed by atoms with Gasteiger partial charge in [0.2, 0.25) is 5.95 Å². The fraction of sp³-hybridized carbons (Fsp3) is 0.0833. The molecule has 0 saturated carbocycles. The van der Waals surface area contributed by atoms with Gasteiger partial charge in [0.25, 0.3) is 0 Å². The molecule has 0 radical (unpaired) electrons. The quantitative estimate of drug-likeness (QED) is 0.804. The second-order valence-electron chi connectivity index (χ2n) is 3.68. The molecule has 96 valence electrons. The Hall–Kier alpha value is -2.33. The number of nitrogens with two attached hydrogens (primary N) is 1. The molecule has 0 aliphatic heterocycles. The Morgan fingerprint density at radius 2 is 2.00 bits per heavy atom. The van der Waals surface area contributed by atoms with Crippen LogP contribution in [0.1, 0.15) is 5.56 Å². The Morgan fingerprint density at radius 3 is 2.63 bits per heavy atom. The monoisotopic (exact) mass is 318 g/mol. The molecule has 7 heteroatoms. The fourth-order valence-corrected chi connectivity index (χ4v) is 1.96. The molecule has 0 aliphatic rings. The van der Waals surface area contributed by atoms with Gasteiger partial charge in [-0.25, -0.2) is 0 Å². The number of nitriles is 1. The summed E-state index contributed by atoms with van der Waals surface area (Å²) in [6.45, 7) is 0. The highest BCUT2D eigenvalue weighted by atomic mass is 79.9. The van der Waals surface area contributed by atoms with Gasteiger partial charge in [-0.05, 0) is 34.1 Å². The Bertz CT molecular complexity index is 649. The number of rotatable bonds is 3. The van der Waals surface area contributed by atoms with E-state index in [4.69, 9.17) is 11.0 Å². The van der Waals surface area contributed by atoms with E-state index < -0.39 is 0 Å². The molecule has 0 unspecified atom stereocenters. The summed E-state index contributed by atoms with van der Waals surface area (Å²) in [7, 11) is 1.75. The van der Waals surface area contributed by atoms with Crippen LogP contribution in [0.5, 0.6) is 0 Å². The predicted octanol–water partition coefficient (Wildman–Crippen LogP) is 2.48. The maximum atomic E-state index is 8.81. The molecule has 0 saturated heterocycles. The van der Waals surface area contributed by atoms with E-state index in [9.17, 15) is 0 Å². The van der Waals surface area contributed by atoms with Crippen LogP contribution in [0.25, 0.3) is 0 Å². The zero-order valence-electron chi connectivity index (χ0n) is 10.1. The molecular formula is C12H11BrN6. The van der Waals surface area contributed by atoms with Crippen LogP contribution >= 0.6 is 15.9 Å². The largest absolute Gasteiger partial charge is 0.373 e. The summed E-state index contributed by atoms with van der Waals surface area (Å²) in [5, 5.41) is 14.8. The number of benzene rings is 1. The molecule has 1 aromatic heterocycles. The van der Waals surface area contributed by atoms with Gasteiger partial charge in [-0.1, -0.05) is 0 Å². The molecule has 0 spiro atoms. The van der Waals surface area contributed by atoms with Crippen molar-refractivity contribution in [3.05, 3.63) is 34.3 Å². The van der Waals surface area contributed by atoms with Crippen LogP contribution in [0.3, 0.4) is 0 Å². The van der Waals surface area contributed by atoms with Crippen molar-refractivity contribution in [3.8, 4) is 6.07 Å². The lowest BCUT2D eigenvalue weighted by Crippen LogP contribution is -2.03. The minimum absolute atomic E-state index is 0.180. The zero-order valence-corrected chi connectivity index (χ0v) is 11.7. The zero-order chi connectivity index (χ0) is 13.8. The second-order valence-corrected chi connectivity index (χ2v) is 4.53. The van der Waals surface area contributed by atoms with Gasteiger partial charge in [0.15, 0.2) is 0 Å². The first-order chi connectivity index (χ1) is 9.12. The van der Waals surface area contributed by atoms with E-state index in [1.54, 1.807) is 31.3 Å². The van der Waals surface area contributed by atoms with Gasteiger partial charge in [0, 0.05) is 17.6 Å². The number of halogens is 1. The van der Waals surface area contributed by atoms with Crippen LogP contribution in [0.15, 0.2) is 28.7 Å². The summed E-state index contributed by atoms with van der Waals surface area (Å²) in [6.07, 6.45) is 0. The summed E-state index contributed by atoms with van der Waals surface area (Å²) in [6, 6.07) is 9.05. The molecule has 0 atom stereocenters. The van der Waals surface area contributed by atoms with Crippen LogP contribution in [-0.4, -0.2) is 17.0 Å². The average Bonchev–Trinajstić information content (AvgIpc) is 2.40. The SMILES string of the molecule is CNc1cc(Nc2ccc(C#N)cc2Br)nc(N)n1. The Morgan fingerprint density at radius 1 is 1.26 bits per heavy atom. The van der Waals surface area contributed by atoms with E-state index in [1.807, 2.05) is 0 Å². The van der Waals surface area contributed by atoms with Gasteiger partial charge in [-0.15, -0.1) is 0 Å². The highest BCUT2D eigenvalue weighted by Gasteiger charge is 2.05. The van der Waals surface area contributed by atoms with Crippen molar-refractivity contribution in [2.45, 2.75) is 0 Å². The van der Waals surface area contributed by atoms with Crippen molar-refractivity contribution in [1.29, 1.82) is 5.26 Å². The lowest BCUT2D eigenvalue weighted by Gasteiger charge is -2.09. The molecule has 0 aliphatic carbocycles. The van der Waals surface area contributed by atoms with E-state index in [1.165, 1.54) is 0 Å². The molecule has 0 amide bonds. The van der Waals surface area contributed by atoms with Crippen molar-refractivity contribution in [2.75, 3.05) is 23.4 Å². The molecule has 0 fully saturated rings. The molecule has 1 heterocycles. The van der Waals surface area contributed by atoms with E-state index in [0.29, 0.717) is 17.2 Å². The van der Waals surface area contributed by atoms with E-state index in [-0.39, 0.29) is 5.95 Å². The molecule has 19 heavy (non-hydrogen) atoms. The van der Waals surface area contributed by atoms with E-state index in [0.717, 1.165) is 10.2 Å². The minimum atomic E-state index is 0.180. The van der Waals surface area contributed by atoms with Crippen molar-refractivity contribution in [1.82, 2.24) is 9.97 Å². The van der Waals surface area contributed by atoms with E-state index >= 15 is 0 Å². The third-order valence-electron chi connectivity index (χ3n) is 2.36. The number of hydrogen-bond donors (Lipinski definition) is 3. The van der Waals surface area contributed by atoms with Crippen LogP contribution < -0.4 is 16.4 Å². The minimum Gasteiger partial charge on any atom is -0.373 e. The number of aromatic nitrogens is 2. The number of hydrogen-bond acceptors (Lipinski definition) is 6. The number of anilines is 4. The highest BCUT2D eigenvalue weighted by molar-refractivity contribution is 9.10. The average molecular weight is 319 g/mol. The summed E-state index contributed by atoms with van der Waals surface area (Å²) in [5.74, 6) is 1.38. The molecule has 4 N–H and O–H groups in total. The number of nitrogens with one attached hydrogen (secondary N) is 2. The molecular weight excluding hydrogens is 308 g/mol. The highest BCUT2D eigenvalue weighted by Crippen LogP contribution is 2.26. The third-order valence-corrected chi connectivity index (χ3v) is 3.02. The van der Waals surface area contributed by atoms with Crippen LogP contribution in [0.4, 0.5) is 23.3 Å². The van der Waals surface area contributed by atoms with Crippen molar-refractivity contribution in [3.63, 3.8) is 0 Å². The number of nitrogen functional groups attached to an aromatic ring is 1. The third kappa shape index (κ3) is 3.11. The summed E-state index contributed by atoms with van der Waals surface area (Å²) >= 11 is 3.40. The first kappa shape index (κ1) is 13.1. The van der Waals surface area contributed by atoms with Crippen LogP contribution in [0, 0.1) is 11.3 Å². The van der Waals surface area contributed by atoms with E-state index in [2.05, 4.69) is 42.6 Å². The van der Waals surface area contributed by atoms with Crippen molar-refractivity contribution in [2.24, 2.45) is 0 Å². The van der Waals surface area contributed by atoms with Crippen molar-refractivity contribution >= 4 is 39.2 Å². The van der Waals surface area contributed by atoms with Crippen molar-refractivity contribution < 1.29 is 0 Å². The fourth-order valence-electron chi connectivity index (χ4n) is 1.48. The maximum absolute atomic E-state index is 8.81. The first-order valence-electron chi connectivity index (χ1n) is 5.41. The lowest BCUT2D eigenvalue weighted by atomic mass is 10.2. The molecule has 2 aromatic rings. The van der Waals surface area contributed by atoms with Gasteiger partial charge in [-0.2, -0.15) is 15.2 Å². The summed E-state index contributed by atoms with van der Waals surface area (Å²) < 4.78 is 0.773. The van der Waals surface area contributed by atoms with Gasteiger partial charge in [0.1, 0.15) is 11.6 Å². The topological polar surface area (TPSA) is 99.6 Å². The standard InChI is InChI=1S/C12H11BrN6/c1-16-10-5-11(19-12(15)18-10)17-9-3-2-7(6-14)4-8(9)13/h2-5H,1H3,(H4,15,16,17,18,19). The maximum Gasteiger partial charge on any atom is 0.223 e. The molecule has 1 aromatic carbocycles. The van der Waals surface area contributed by atoms with Gasteiger partial charge in [-0.3, -0.25) is 0 Å². The smallest absolute Gasteiger partial charge is 0.223 e. The van der Waals surface area contributed by atoms with Crippen LogP contribution in [0.2, 0.25) is 0 Å². The Labute approximate surface area is 118 Å². The predicted molar refractivity (Wildman–Crippen MR) is 78.1 cm³/mol. The summed E-state index contributed by atoms with van der Waals surface area (Å²) in [4.78, 5) is 8.10. The van der Waals surface area contributed by atoms with Gasteiger partial charge < -0.3 is 16.4 Å². The van der Waals surface area contributed by atoms with Gasteiger partial charge >= 0.3 is 0 Å². The van der Waals surface area contributed by atoms with Crippen LogP contribution in [-0.2, 0) is 0 Å². The Kier molecular flexibility index (Phi) is 3.82.